The maximum Gasteiger partial charge on any atom is 0.232 e. The van der Waals surface area contributed by atoms with E-state index in [0.29, 0.717) is 15.7 Å². The van der Waals surface area contributed by atoms with Crippen LogP contribution in [0.15, 0.2) is 18.2 Å². The van der Waals surface area contributed by atoms with Gasteiger partial charge in [-0.2, -0.15) is 0 Å². The highest BCUT2D eigenvalue weighted by Crippen LogP contribution is 2.27. The molecule has 0 aliphatic carbocycles. The van der Waals surface area contributed by atoms with Gasteiger partial charge in [0, 0.05) is 36.1 Å². The molecule has 0 radical (unpaired) electrons. The van der Waals surface area contributed by atoms with Crippen molar-refractivity contribution < 1.29 is 13.2 Å². The lowest BCUT2D eigenvalue weighted by Gasteiger charge is -2.24. The predicted octanol–water partition coefficient (Wildman–Crippen LogP) is 2.77. The summed E-state index contributed by atoms with van der Waals surface area (Å²) in [6.45, 7) is 1.58. The van der Waals surface area contributed by atoms with E-state index in [1.54, 1.807) is 4.90 Å². The van der Waals surface area contributed by atoms with Crippen molar-refractivity contribution in [3.05, 3.63) is 28.2 Å². The van der Waals surface area contributed by atoms with Gasteiger partial charge in [0.15, 0.2) is 0 Å². The van der Waals surface area contributed by atoms with E-state index in [1.807, 2.05) is 0 Å². The Morgan fingerprint density at radius 1 is 1.18 bits per heavy atom. The van der Waals surface area contributed by atoms with E-state index in [-0.39, 0.29) is 18.9 Å². The second-order valence-corrected chi connectivity index (χ2v) is 8.08. The summed E-state index contributed by atoms with van der Waals surface area (Å²) >= 11 is 11.9. The summed E-state index contributed by atoms with van der Waals surface area (Å²) in [6.07, 6.45) is 3.25. The summed E-state index contributed by atoms with van der Waals surface area (Å²) in [4.78, 5) is 13.9. The number of anilines is 1. The second kappa shape index (κ2) is 7.06. The molecule has 0 atom stereocenters. The number of hydrogen-bond acceptors (Lipinski definition) is 3. The van der Waals surface area contributed by atoms with Crippen LogP contribution in [0.25, 0.3) is 0 Å². The van der Waals surface area contributed by atoms with Crippen LogP contribution in [-0.4, -0.2) is 45.1 Å². The predicted molar refractivity (Wildman–Crippen MR) is 89.1 cm³/mol. The van der Waals surface area contributed by atoms with Crippen LogP contribution >= 0.6 is 23.2 Å². The van der Waals surface area contributed by atoms with Crippen LogP contribution in [0, 0.1) is 0 Å². The number of hydrogen-bond donors (Lipinski definition) is 0. The Labute approximate surface area is 140 Å². The maximum atomic E-state index is 12.1. The van der Waals surface area contributed by atoms with Crippen LogP contribution in [0.3, 0.4) is 0 Å². The molecular weight excluding hydrogens is 347 g/mol. The summed E-state index contributed by atoms with van der Waals surface area (Å²) in [5.41, 5.74) is 0.370. The molecule has 0 aromatic heterocycles. The highest BCUT2D eigenvalue weighted by atomic mass is 35.5. The third kappa shape index (κ3) is 4.51. The zero-order valence-corrected chi connectivity index (χ0v) is 14.6. The Balaban J connectivity index is 2.15. The molecule has 8 heteroatoms. The third-order valence-electron chi connectivity index (χ3n) is 3.52. The molecule has 1 saturated heterocycles. The fraction of sp³-hybridized carbons (Fsp3) is 0.500. The average Bonchev–Trinajstić information content (AvgIpc) is 2.89. The fourth-order valence-electron chi connectivity index (χ4n) is 2.49. The number of rotatable bonds is 5. The number of nitrogens with zero attached hydrogens (tertiary/aromatic N) is 2. The molecule has 2 rings (SSSR count). The van der Waals surface area contributed by atoms with Gasteiger partial charge in [-0.15, -0.1) is 0 Å². The quantitative estimate of drug-likeness (QED) is 0.806. The maximum absolute atomic E-state index is 12.1. The van der Waals surface area contributed by atoms with Crippen molar-refractivity contribution in [2.75, 3.05) is 30.2 Å². The molecule has 5 nitrogen and oxygen atoms in total. The molecule has 1 fully saturated rings. The number of halogens is 2. The van der Waals surface area contributed by atoms with Crippen molar-refractivity contribution in [3.8, 4) is 0 Å². The fourth-order valence-corrected chi connectivity index (χ4v) is 3.92. The molecule has 1 heterocycles. The first-order chi connectivity index (χ1) is 10.3. The monoisotopic (exact) mass is 364 g/mol. The molecule has 122 valence electrons. The van der Waals surface area contributed by atoms with Crippen molar-refractivity contribution in [2.24, 2.45) is 0 Å². The molecule has 0 bridgehead atoms. The number of sulfonamides is 1. The van der Waals surface area contributed by atoms with Crippen molar-refractivity contribution in [1.82, 2.24) is 4.90 Å². The van der Waals surface area contributed by atoms with E-state index in [9.17, 15) is 13.2 Å². The normalized spacial score (nSPS) is 15.1. The van der Waals surface area contributed by atoms with Gasteiger partial charge < -0.3 is 4.90 Å². The number of benzene rings is 1. The summed E-state index contributed by atoms with van der Waals surface area (Å²) in [5.74, 6) is -0.0284. The Morgan fingerprint density at radius 2 is 1.73 bits per heavy atom. The average molecular weight is 365 g/mol. The first kappa shape index (κ1) is 17.4. The van der Waals surface area contributed by atoms with Crippen LogP contribution < -0.4 is 4.31 Å². The molecule has 1 aromatic carbocycles. The van der Waals surface area contributed by atoms with Gasteiger partial charge in [0.25, 0.3) is 0 Å². The van der Waals surface area contributed by atoms with Gasteiger partial charge in [-0.1, -0.05) is 23.2 Å². The van der Waals surface area contributed by atoms with Crippen LogP contribution in [0.4, 0.5) is 5.69 Å². The lowest BCUT2D eigenvalue weighted by Crippen LogP contribution is -2.35. The summed E-state index contributed by atoms with van der Waals surface area (Å²) in [5, 5.41) is 0.698. The number of amides is 1. The van der Waals surface area contributed by atoms with Crippen molar-refractivity contribution in [3.63, 3.8) is 0 Å². The van der Waals surface area contributed by atoms with E-state index < -0.39 is 10.0 Å². The minimum absolute atomic E-state index is 0.0284. The number of carbonyl (C=O) groups is 1. The lowest BCUT2D eigenvalue weighted by molar-refractivity contribution is -0.129. The zero-order valence-electron chi connectivity index (χ0n) is 12.3. The second-order valence-electron chi connectivity index (χ2n) is 5.30. The minimum Gasteiger partial charge on any atom is -0.343 e. The lowest BCUT2D eigenvalue weighted by atomic mass is 10.3. The molecule has 0 N–H and O–H groups in total. The van der Waals surface area contributed by atoms with Crippen molar-refractivity contribution in [2.45, 2.75) is 19.3 Å². The standard InChI is InChI=1S/C14H18Cl2N2O3S/c1-22(20,21)18(13-9-11(15)8-12(16)10-13)7-4-14(19)17-5-2-3-6-17/h8-10H,2-7H2,1H3. The highest BCUT2D eigenvalue weighted by Gasteiger charge is 2.22. The molecule has 1 aliphatic heterocycles. The zero-order chi connectivity index (χ0) is 16.3. The van der Waals surface area contributed by atoms with E-state index in [1.165, 1.54) is 22.5 Å². The Hall–Kier alpha value is -0.980. The topological polar surface area (TPSA) is 57.7 Å². The molecule has 1 aliphatic rings. The molecule has 22 heavy (non-hydrogen) atoms. The first-order valence-corrected chi connectivity index (χ1v) is 9.59. The van der Waals surface area contributed by atoms with E-state index in [0.717, 1.165) is 32.2 Å². The van der Waals surface area contributed by atoms with Gasteiger partial charge in [-0.25, -0.2) is 8.42 Å². The third-order valence-corrected chi connectivity index (χ3v) is 5.15. The van der Waals surface area contributed by atoms with Crippen LogP contribution in [0.2, 0.25) is 10.0 Å². The van der Waals surface area contributed by atoms with Crippen molar-refractivity contribution in [1.29, 1.82) is 0 Å². The van der Waals surface area contributed by atoms with Gasteiger partial charge >= 0.3 is 0 Å². The number of carbonyl (C=O) groups excluding carboxylic acids is 1. The van der Waals surface area contributed by atoms with Gasteiger partial charge in [0.05, 0.1) is 11.9 Å². The van der Waals surface area contributed by atoms with Gasteiger partial charge in [-0.05, 0) is 31.0 Å². The summed E-state index contributed by atoms with van der Waals surface area (Å²) in [6, 6.07) is 4.58. The van der Waals surface area contributed by atoms with Gasteiger partial charge in [-0.3, -0.25) is 9.10 Å². The van der Waals surface area contributed by atoms with Crippen molar-refractivity contribution >= 4 is 44.8 Å². The summed E-state index contributed by atoms with van der Waals surface area (Å²) < 4.78 is 25.2. The molecule has 0 unspecified atom stereocenters. The molecular formula is C14H18Cl2N2O3S. The first-order valence-electron chi connectivity index (χ1n) is 6.99. The van der Waals surface area contributed by atoms with E-state index >= 15 is 0 Å². The van der Waals surface area contributed by atoms with E-state index in [2.05, 4.69) is 0 Å². The summed E-state index contributed by atoms with van der Waals surface area (Å²) in [7, 11) is -3.53. The van der Waals surface area contributed by atoms with Gasteiger partial charge in [0.2, 0.25) is 15.9 Å². The van der Waals surface area contributed by atoms with Crippen LogP contribution in [-0.2, 0) is 14.8 Å². The van der Waals surface area contributed by atoms with Crippen LogP contribution in [0.5, 0.6) is 0 Å². The molecule has 1 aromatic rings. The largest absolute Gasteiger partial charge is 0.343 e. The smallest absolute Gasteiger partial charge is 0.232 e. The van der Waals surface area contributed by atoms with Crippen LogP contribution in [0.1, 0.15) is 19.3 Å². The van der Waals surface area contributed by atoms with E-state index in [4.69, 9.17) is 23.2 Å². The molecule has 0 saturated carbocycles. The Morgan fingerprint density at radius 3 is 2.23 bits per heavy atom. The molecule has 0 spiro atoms. The SMILES string of the molecule is CS(=O)(=O)N(CCC(=O)N1CCCC1)c1cc(Cl)cc(Cl)c1. The molecule has 1 amide bonds. The number of likely N-dealkylation sites (tertiary alicyclic amines) is 1. The Bertz CT molecular complexity index is 638. The highest BCUT2D eigenvalue weighted by molar-refractivity contribution is 7.92. The van der Waals surface area contributed by atoms with Gasteiger partial charge in [0.1, 0.15) is 0 Å². The Kier molecular flexibility index (Phi) is 5.58. The minimum atomic E-state index is -3.53.